The van der Waals surface area contributed by atoms with Gasteiger partial charge in [-0.1, -0.05) is 25.0 Å². The third-order valence-corrected chi connectivity index (χ3v) is 3.02. The molecule has 0 bridgehead atoms. The molecule has 3 nitrogen and oxygen atoms in total. The SMILES string of the molecule is [NH]CCCCCCc1cccc2c1OCCO2. The van der Waals surface area contributed by atoms with Gasteiger partial charge in [0.2, 0.25) is 0 Å². The molecule has 1 heterocycles. The second-order valence-corrected chi connectivity index (χ2v) is 4.36. The van der Waals surface area contributed by atoms with Crippen molar-refractivity contribution in [1.82, 2.24) is 5.73 Å². The number of rotatable bonds is 6. The van der Waals surface area contributed by atoms with Crippen LogP contribution < -0.4 is 15.2 Å². The maximum atomic E-state index is 7.09. The van der Waals surface area contributed by atoms with Gasteiger partial charge in [0.1, 0.15) is 13.2 Å². The minimum Gasteiger partial charge on any atom is -0.486 e. The van der Waals surface area contributed by atoms with E-state index in [1.807, 2.05) is 12.1 Å². The third-order valence-electron chi connectivity index (χ3n) is 3.02. The average molecular weight is 234 g/mol. The predicted octanol–water partition coefficient (Wildman–Crippen LogP) is 2.84. The predicted molar refractivity (Wildman–Crippen MR) is 67.6 cm³/mol. The van der Waals surface area contributed by atoms with Gasteiger partial charge >= 0.3 is 0 Å². The van der Waals surface area contributed by atoms with Crippen LogP contribution in [0.25, 0.3) is 0 Å². The standard InChI is InChI=1S/C14H20NO2/c15-9-4-2-1-3-6-12-7-5-8-13-14(12)17-11-10-16-13/h5,7-8,15H,1-4,6,9-11H2. The van der Waals surface area contributed by atoms with E-state index in [-0.39, 0.29) is 0 Å². The summed E-state index contributed by atoms with van der Waals surface area (Å²) in [5.74, 6) is 1.83. The Morgan fingerprint density at radius 1 is 1.00 bits per heavy atom. The van der Waals surface area contributed by atoms with Crippen LogP contribution in [-0.2, 0) is 6.42 Å². The van der Waals surface area contributed by atoms with Crippen molar-refractivity contribution < 1.29 is 9.47 Å². The molecule has 1 aromatic carbocycles. The summed E-state index contributed by atoms with van der Waals surface area (Å²) in [6.45, 7) is 1.86. The van der Waals surface area contributed by atoms with Gasteiger partial charge in [-0.15, -0.1) is 0 Å². The van der Waals surface area contributed by atoms with Crippen molar-refractivity contribution in [3.05, 3.63) is 23.8 Å². The Labute approximate surface area is 103 Å². The van der Waals surface area contributed by atoms with E-state index < -0.39 is 0 Å². The van der Waals surface area contributed by atoms with Crippen LogP contribution in [0.1, 0.15) is 31.2 Å². The summed E-state index contributed by atoms with van der Waals surface area (Å²) in [5, 5.41) is 0. The number of ether oxygens (including phenoxy) is 2. The summed E-state index contributed by atoms with van der Waals surface area (Å²) in [5.41, 5.74) is 8.35. The van der Waals surface area contributed by atoms with Gasteiger partial charge in [0.05, 0.1) is 0 Å². The highest BCUT2D eigenvalue weighted by atomic mass is 16.6. The summed E-state index contributed by atoms with van der Waals surface area (Å²) in [7, 11) is 0. The van der Waals surface area contributed by atoms with Gasteiger partial charge in [-0.3, -0.25) is 5.73 Å². The van der Waals surface area contributed by atoms with Crippen molar-refractivity contribution >= 4 is 0 Å². The lowest BCUT2D eigenvalue weighted by Crippen LogP contribution is -2.16. The molecule has 93 valence electrons. The van der Waals surface area contributed by atoms with E-state index in [2.05, 4.69) is 6.07 Å². The van der Waals surface area contributed by atoms with Gasteiger partial charge in [0, 0.05) is 6.54 Å². The Bertz CT molecular complexity index is 352. The molecule has 0 atom stereocenters. The van der Waals surface area contributed by atoms with E-state index in [4.69, 9.17) is 15.2 Å². The molecule has 17 heavy (non-hydrogen) atoms. The van der Waals surface area contributed by atoms with Crippen LogP contribution in [0.15, 0.2) is 18.2 Å². The number of aryl methyl sites for hydroxylation is 1. The zero-order valence-corrected chi connectivity index (χ0v) is 10.2. The molecule has 0 unspecified atom stereocenters. The van der Waals surface area contributed by atoms with Crippen molar-refractivity contribution in [3.63, 3.8) is 0 Å². The number of unbranched alkanes of at least 4 members (excludes halogenated alkanes) is 3. The van der Waals surface area contributed by atoms with Crippen LogP contribution in [0.5, 0.6) is 11.5 Å². The fraction of sp³-hybridized carbons (Fsp3) is 0.571. The van der Waals surface area contributed by atoms with Crippen LogP contribution in [0.2, 0.25) is 0 Å². The fourth-order valence-electron chi connectivity index (χ4n) is 2.12. The summed E-state index contributed by atoms with van der Waals surface area (Å²) in [6, 6.07) is 6.13. The molecule has 0 saturated carbocycles. The molecule has 0 aromatic heterocycles. The molecule has 0 amide bonds. The summed E-state index contributed by atoms with van der Waals surface area (Å²) in [6.07, 6.45) is 5.59. The topological polar surface area (TPSA) is 42.3 Å². The van der Waals surface area contributed by atoms with Crippen molar-refractivity contribution in [2.75, 3.05) is 19.8 Å². The first-order valence-electron chi connectivity index (χ1n) is 6.44. The maximum absolute atomic E-state index is 7.09. The lowest BCUT2D eigenvalue weighted by Gasteiger charge is -2.20. The minimum absolute atomic E-state index is 0.553. The largest absolute Gasteiger partial charge is 0.486 e. The Kier molecular flexibility index (Phi) is 4.68. The molecule has 0 fully saturated rings. The molecule has 1 aromatic rings. The number of hydrogen-bond donors (Lipinski definition) is 0. The highest BCUT2D eigenvalue weighted by Crippen LogP contribution is 2.34. The number of hydrogen-bond acceptors (Lipinski definition) is 2. The molecule has 1 N–H and O–H groups in total. The first kappa shape index (κ1) is 12.2. The van der Waals surface area contributed by atoms with Crippen LogP contribution >= 0.6 is 0 Å². The molecule has 0 saturated heterocycles. The normalized spacial score (nSPS) is 13.7. The smallest absolute Gasteiger partial charge is 0.164 e. The van der Waals surface area contributed by atoms with E-state index in [1.165, 1.54) is 18.4 Å². The molecule has 1 aliphatic rings. The number of nitrogens with one attached hydrogen (secondary N) is 1. The molecule has 1 aliphatic heterocycles. The zero-order chi connectivity index (χ0) is 11.9. The second kappa shape index (κ2) is 6.50. The Balaban J connectivity index is 1.87. The Hall–Kier alpha value is -1.22. The second-order valence-electron chi connectivity index (χ2n) is 4.36. The lowest BCUT2D eigenvalue weighted by molar-refractivity contribution is 0.170. The van der Waals surface area contributed by atoms with Gasteiger partial charge in [-0.25, -0.2) is 0 Å². The first-order chi connectivity index (χ1) is 8.42. The van der Waals surface area contributed by atoms with Crippen molar-refractivity contribution in [2.24, 2.45) is 0 Å². The Morgan fingerprint density at radius 2 is 1.82 bits per heavy atom. The average Bonchev–Trinajstić information content (AvgIpc) is 2.39. The van der Waals surface area contributed by atoms with Gasteiger partial charge < -0.3 is 9.47 Å². The summed E-state index contributed by atoms with van der Waals surface area (Å²) >= 11 is 0. The van der Waals surface area contributed by atoms with E-state index >= 15 is 0 Å². The Morgan fingerprint density at radius 3 is 2.71 bits per heavy atom. The molecular weight excluding hydrogens is 214 g/mol. The van der Waals surface area contributed by atoms with Gasteiger partial charge in [-0.05, 0) is 30.9 Å². The maximum Gasteiger partial charge on any atom is 0.164 e. The highest BCUT2D eigenvalue weighted by Gasteiger charge is 2.14. The number of para-hydroxylation sites is 1. The minimum atomic E-state index is 0.553. The summed E-state index contributed by atoms with van der Waals surface area (Å²) < 4.78 is 11.2. The number of benzene rings is 1. The molecule has 0 aliphatic carbocycles. The first-order valence-corrected chi connectivity index (χ1v) is 6.44. The quantitative estimate of drug-likeness (QED) is 0.710. The molecule has 3 heteroatoms. The van der Waals surface area contributed by atoms with Gasteiger partial charge in [-0.2, -0.15) is 0 Å². The monoisotopic (exact) mass is 234 g/mol. The van der Waals surface area contributed by atoms with Crippen molar-refractivity contribution in [3.8, 4) is 11.5 Å². The molecular formula is C14H20NO2. The zero-order valence-electron chi connectivity index (χ0n) is 10.2. The molecule has 1 radical (unpaired) electrons. The fourth-order valence-corrected chi connectivity index (χ4v) is 2.12. The van der Waals surface area contributed by atoms with E-state index in [0.717, 1.165) is 30.8 Å². The van der Waals surface area contributed by atoms with Gasteiger partial charge in [0.15, 0.2) is 11.5 Å². The molecule has 2 rings (SSSR count). The van der Waals surface area contributed by atoms with Crippen LogP contribution in [0.3, 0.4) is 0 Å². The lowest BCUT2D eigenvalue weighted by atomic mass is 10.0. The van der Waals surface area contributed by atoms with Crippen LogP contribution in [0.4, 0.5) is 0 Å². The van der Waals surface area contributed by atoms with Crippen molar-refractivity contribution in [1.29, 1.82) is 0 Å². The van der Waals surface area contributed by atoms with E-state index in [9.17, 15) is 0 Å². The highest BCUT2D eigenvalue weighted by molar-refractivity contribution is 5.47. The number of fused-ring (bicyclic) bond motifs is 1. The van der Waals surface area contributed by atoms with Crippen molar-refractivity contribution in [2.45, 2.75) is 32.1 Å². The van der Waals surface area contributed by atoms with E-state index in [1.54, 1.807) is 0 Å². The van der Waals surface area contributed by atoms with E-state index in [0.29, 0.717) is 19.8 Å². The van der Waals surface area contributed by atoms with Crippen LogP contribution in [0, 0.1) is 0 Å². The third kappa shape index (κ3) is 3.37. The van der Waals surface area contributed by atoms with Gasteiger partial charge in [0.25, 0.3) is 0 Å². The molecule has 0 spiro atoms. The summed E-state index contributed by atoms with van der Waals surface area (Å²) in [4.78, 5) is 0. The van der Waals surface area contributed by atoms with Crippen LogP contribution in [-0.4, -0.2) is 19.8 Å².